The Balaban J connectivity index is 2.15. The number of anilines is 1. The van der Waals surface area contributed by atoms with Crippen molar-refractivity contribution in [3.05, 3.63) is 18.1 Å². The second-order valence-electron chi connectivity index (χ2n) is 15.3. The third-order valence-corrected chi connectivity index (χ3v) is 13.2. The molecule has 0 unspecified atom stereocenters. The molecule has 17 heteroatoms. The number of nitrogens with zero attached hydrogens (tertiary/aromatic N) is 3. The van der Waals surface area contributed by atoms with Crippen molar-refractivity contribution in [2.45, 2.75) is 148 Å². The van der Waals surface area contributed by atoms with Gasteiger partial charge in [-0.05, 0) is 38.1 Å². The van der Waals surface area contributed by atoms with E-state index in [1.54, 1.807) is 17.7 Å². The van der Waals surface area contributed by atoms with Crippen LogP contribution in [0.5, 0.6) is 0 Å². The van der Waals surface area contributed by atoms with Crippen LogP contribution in [-0.2, 0) is 30.5 Å². The van der Waals surface area contributed by atoms with Gasteiger partial charge in [-0.25, -0.2) is 9.97 Å². The van der Waals surface area contributed by atoms with E-state index in [4.69, 9.17) is 21.9 Å². The lowest BCUT2D eigenvalue weighted by atomic mass is 9.91. The SMILES string of the molecule is CCCCCC[C@@H](OC[C@@H](C)NC(=O)[C@@H](C)CNc1cc(CN)ncn1)[C@@H](C)C(=O)N(C)[Si](CCC)C(=O)N[C@H](C(=O)N[C@@H](CN)C(N)=O)C1CCCCCC1. The molecule has 0 bridgehead atoms. The molecular weight excluding hydrogens is 733 g/mol. The van der Waals surface area contributed by atoms with Gasteiger partial charge in [-0.15, -0.1) is 0 Å². The van der Waals surface area contributed by atoms with Crippen molar-refractivity contribution in [2.75, 3.05) is 32.1 Å². The van der Waals surface area contributed by atoms with Gasteiger partial charge >= 0.3 is 0 Å². The lowest BCUT2D eigenvalue weighted by Gasteiger charge is -2.33. The van der Waals surface area contributed by atoms with Crippen LogP contribution in [0.1, 0.15) is 117 Å². The number of amides is 5. The number of aromatic nitrogens is 2. The molecule has 5 amide bonds. The number of carbonyl (C=O) groups excluding carboxylic acids is 5. The number of primary amides is 1. The fourth-order valence-electron chi connectivity index (χ4n) is 6.94. The van der Waals surface area contributed by atoms with E-state index in [-0.39, 0.29) is 48.4 Å². The highest BCUT2D eigenvalue weighted by atomic mass is 28.3. The number of nitrogens with two attached hydrogens (primary N) is 3. The van der Waals surface area contributed by atoms with Gasteiger partial charge in [-0.3, -0.25) is 24.0 Å². The molecule has 1 aromatic rings. The number of hydrogen-bond donors (Lipinski definition) is 7. The number of ether oxygens (including phenoxy) is 1. The molecule has 0 aromatic carbocycles. The molecule has 1 aromatic heterocycles. The van der Waals surface area contributed by atoms with Gasteiger partial charge in [0, 0.05) is 38.8 Å². The van der Waals surface area contributed by atoms with Crippen LogP contribution in [0.25, 0.3) is 0 Å². The van der Waals surface area contributed by atoms with Crippen LogP contribution in [0, 0.1) is 17.8 Å². The first-order valence-electron chi connectivity index (χ1n) is 20.7. The highest BCUT2D eigenvalue weighted by Crippen LogP contribution is 2.27. The van der Waals surface area contributed by atoms with Crippen LogP contribution in [0.4, 0.5) is 10.6 Å². The molecule has 1 heterocycles. The summed E-state index contributed by atoms with van der Waals surface area (Å²) in [6, 6.07) is -0.0178. The minimum atomic E-state index is -2.16. The Morgan fingerprint density at radius 2 is 1.62 bits per heavy atom. The minimum absolute atomic E-state index is 0.122. The lowest BCUT2D eigenvalue weighted by Crippen LogP contribution is -2.61. The van der Waals surface area contributed by atoms with E-state index in [0.717, 1.165) is 64.2 Å². The zero-order valence-electron chi connectivity index (χ0n) is 34.7. The monoisotopic (exact) mass is 804 g/mol. The summed E-state index contributed by atoms with van der Waals surface area (Å²) in [6.45, 7) is 10.3. The average Bonchev–Trinajstić information content (AvgIpc) is 3.48. The molecule has 10 N–H and O–H groups in total. The van der Waals surface area contributed by atoms with Crippen molar-refractivity contribution in [2.24, 2.45) is 35.0 Å². The third-order valence-electron chi connectivity index (χ3n) is 10.5. The average molecular weight is 804 g/mol. The first-order chi connectivity index (χ1) is 26.8. The summed E-state index contributed by atoms with van der Waals surface area (Å²) in [6.07, 6.45) is 11.8. The number of nitrogens with one attached hydrogen (secondary N) is 4. The van der Waals surface area contributed by atoms with Crippen LogP contribution < -0.4 is 38.5 Å². The predicted octanol–water partition coefficient (Wildman–Crippen LogP) is 2.90. The van der Waals surface area contributed by atoms with Gasteiger partial charge in [0.25, 0.3) is 8.96 Å². The molecule has 56 heavy (non-hydrogen) atoms. The minimum Gasteiger partial charge on any atom is -0.375 e. The van der Waals surface area contributed by atoms with E-state index in [0.29, 0.717) is 43.5 Å². The molecule has 0 aliphatic heterocycles. The first kappa shape index (κ1) is 48.5. The van der Waals surface area contributed by atoms with Crippen molar-refractivity contribution < 1.29 is 28.7 Å². The zero-order chi connectivity index (χ0) is 41.6. The molecule has 2 rings (SSSR count). The second-order valence-corrected chi connectivity index (χ2v) is 17.8. The van der Waals surface area contributed by atoms with E-state index < -0.39 is 44.9 Å². The van der Waals surface area contributed by atoms with Crippen molar-refractivity contribution in [1.82, 2.24) is 30.5 Å². The van der Waals surface area contributed by atoms with Crippen molar-refractivity contribution in [3.8, 4) is 0 Å². The van der Waals surface area contributed by atoms with Gasteiger partial charge in [-0.1, -0.05) is 85.5 Å². The van der Waals surface area contributed by atoms with Crippen LogP contribution in [0.15, 0.2) is 12.4 Å². The summed E-state index contributed by atoms with van der Waals surface area (Å²) < 4.78 is 7.99. The Kier molecular flexibility index (Phi) is 22.8. The maximum absolute atomic E-state index is 14.2. The Labute approximate surface area is 336 Å². The van der Waals surface area contributed by atoms with Gasteiger partial charge < -0.3 is 47.8 Å². The number of unbranched alkanes of at least 4 members (excludes halogenated alkanes) is 3. The van der Waals surface area contributed by atoms with Crippen LogP contribution >= 0.6 is 0 Å². The van der Waals surface area contributed by atoms with E-state index in [1.807, 2.05) is 27.7 Å². The summed E-state index contributed by atoms with van der Waals surface area (Å²) in [5, 5.41) is 11.9. The Morgan fingerprint density at radius 3 is 2.23 bits per heavy atom. The molecule has 1 aliphatic rings. The summed E-state index contributed by atoms with van der Waals surface area (Å²) in [5.74, 6) is -2.03. The molecule has 6 atom stereocenters. The molecule has 1 aliphatic carbocycles. The predicted molar refractivity (Wildman–Crippen MR) is 220 cm³/mol. The standard InChI is InChI=1S/C39H71N10O6Si/c1-7-9-10-15-18-32(55-24-27(4)46-36(51)26(3)23-43-33-20-30(21-40)44-25-45-33)28(5)38(53)49(6)56(19-8-2)39(54)48-34(29-16-13-11-12-14-17-29)37(52)47-31(22-41)35(42)50/h20,25-29,31-32,34H,7-19,21-24,40-41H2,1-6H3,(H2,42,50)(H,46,51)(H,47,52)(H,48,54)(H,43,44,45)/t26-,27+,28+,31-,32+,34-/m0/s1. The first-order valence-corrected chi connectivity index (χ1v) is 22.3. The highest BCUT2D eigenvalue weighted by Gasteiger charge is 2.39. The van der Waals surface area contributed by atoms with Crippen molar-refractivity contribution in [1.29, 1.82) is 0 Å². The van der Waals surface area contributed by atoms with Gasteiger partial charge in [0.05, 0.1) is 30.2 Å². The fraction of sp³-hybridized carbons (Fsp3) is 0.769. The highest BCUT2D eigenvalue weighted by molar-refractivity contribution is 6.89. The lowest BCUT2D eigenvalue weighted by molar-refractivity contribution is -0.136. The molecule has 16 nitrogen and oxygen atoms in total. The zero-order valence-corrected chi connectivity index (χ0v) is 35.7. The molecule has 0 saturated heterocycles. The van der Waals surface area contributed by atoms with Gasteiger partial charge in [0.2, 0.25) is 29.2 Å². The van der Waals surface area contributed by atoms with Crippen LogP contribution in [0.3, 0.4) is 0 Å². The molecule has 317 valence electrons. The fourth-order valence-corrected chi connectivity index (χ4v) is 9.08. The largest absolute Gasteiger partial charge is 0.375 e. The summed E-state index contributed by atoms with van der Waals surface area (Å²) >= 11 is 0. The van der Waals surface area contributed by atoms with Gasteiger partial charge in [0.1, 0.15) is 24.2 Å². The summed E-state index contributed by atoms with van der Waals surface area (Å²) in [4.78, 5) is 75.2. The van der Waals surface area contributed by atoms with E-state index in [1.165, 1.54) is 6.33 Å². The summed E-state index contributed by atoms with van der Waals surface area (Å²) in [5.41, 5.74) is 17.2. The normalized spacial score (nSPS) is 16.7. The second kappa shape index (κ2) is 26.3. The molecule has 0 spiro atoms. The van der Waals surface area contributed by atoms with Gasteiger partial charge in [0.15, 0.2) is 0 Å². The Bertz CT molecular complexity index is 1370. The number of carbonyl (C=O) groups is 5. The third kappa shape index (κ3) is 16.4. The molecular formula is C39H71N10O6Si. The number of hydrogen-bond acceptors (Lipinski definition) is 11. The van der Waals surface area contributed by atoms with Gasteiger partial charge in [-0.2, -0.15) is 0 Å². The molecule has 1 fully saturated rings. The summed E-state index contributed by atoms with van der Waals surface area (Å²) in [7, 11) is -0.489. The Hall–Kier alpha value is -3.67. The topological polar surface area (TPSA) is 250 Å². The maximum Gasteiger partial charge on any atom is 0.283 e. The van der Waals surface area contributed by atoms with E-state index in [2.05, 4.69) is 38.2 Å². The molecule has 1 radical (unpaired) electrons. The van der Waals surface area contributed by atoms with Crippen molar-refractivity contribution >= 4 is 43.9 Å². The van der Waals surface area contributed by atoms with Crippen LogP contribution in [0.2, 0.25) is 6.04 Å². The Morgan fingerprint density at radius 1 is 0.929 bits per heavy atom. The molecule has 1 saturated carbocycles. The smallest absolute Gasteiger partial charge is 0.283 e. The van der Waals surface area contributed by atoms with Crippen molar-refractivity contribution in [3.63, 3.8) is 0 Å². The maximum atomic E-state index is 14.2. The quantitative estimate of drug-likeness (QED) is 0.0408. The number of rotatable bonds is 26. The van der Waals surface area contributed by atoms with Crippen LogP contribution in [-0.4, -0.2) is 104 Å². The van der Waals surface area contributed by atoms with E-state index >= 15 is 0 Å². The van der Waals surface area contributed by atoms with E-state index in [9.17, 15) is 24.0 Å².